The maximum absolute atomic E-state index is 11.0. The molecule has 33 heavy (non-hydrogen) atoms. The van der Waals surface area contributed by atoms with E-state index in [1.165, 1.54) is 18.3 Å². The van der Waals surface area contributed by atoms with Gasteiger partial charge in [-0.2, -0.15) is 5.10 Å². The topological polar surface area (TPSA) is 99.1 Å². The Kier molecular flexibility index (Phi) is 6.83. The number of para-hydroxylation sites is 2. The van der Waals surface area contributed by atoms with E-state index in [1.807, 2.05) is 36.4 Å². The van der Waals surface area contributed by atoms with Crippen LogP contribution < -0.4 is 14.2 Å². The highest BCUT2D eigenvalue weighted by Gasteiger charge is 2.22. The molecule has 1 aromatic heterocycles. The van der Waals surface area contributed by atoms with Crippen LogP contribution in [0.3, 0.4) is 0 Å². The van der Waals surface area contributed by atoms with Crippen LogP contribution in [0.15, 0.2) is 107 Å². The van der Waals surface area contributed by atoms with Crippen LogP contribution in [0.4, 0.5) is 5.69 Å². The van der Waals surface area contributed by atoms with Crippen molar-refractivity contribution in [2.24, 2.45) is 5.10 Å². The van der Waals surface area contributed by atoms with Crippen molar-refractivity contribution >= 4 is 30.4 Å². The van der Waals surface area contributed by atoms with Crippen molar-refractivity contribution in [3.63, 3.8) is 0 Å². The minimum absolute atomic E-state index is 0.0161. The van der Waals surface area contributed by atoms with Crippen LogP contribution in [0, 0.1) is 10.1 Å². The zero-order chi connectivity index (χ0) is 23.1. The van der Waals surface area contributed by atoms with Gasteiger partial charge in [-0.05, 0) is 36.4 Å². The quantitative estimate of drug-likeness (QED) is 0.133. The summed E-state index contributed by atoms with van der Waals surface area (Å²) in [6, 6.07) is 27.8. The lowest BCUT2D eigenvalue weighted by Crippen LogP contribution is -2.13. The number of rotatable bonds is 9. The molecule has 0 aliphatic carbocycles. The number of hydrazone groups is 1. The number of nitro benzene ring substituents is 1. The summed E-state index contributed by atoms with van der Waals surface area (Å²) in [7, 11) is 0. The summed E-state index contributed by atoms with van der Waals surface area (Å²) >= 11 is 5.65. The molecule has 1 heterocycles. The lowest BCUT2D eigenvalue weighted by Gasteiger charge is -2.22. The van der Waals surface area contributed by atoms with Crippen LogP contribution in [0.5, 0.6) is 11.5 Å². The first-order valence-corrected chi connectivity index (χ1v) is 12.4. The van der Waals surface area contributed by atoms with Gasteiger partial charge in [0.05, 0.1) is 11.1 Å². The standard InChI is InChI=1S/C23H18N3O5PS/c27-26(28)19-9-7-8-18(16-19)23-15-14-22(29-23)17-24-25-32(33,30-20-10-3-1-4-11-20)31-21-12-5-2-6-13-21/h1-17H,(H,25,33)/b24-17-. The fraction of sp³-hybridized carbons (Fsp3) is 0. The summed E-state index contributed by atoms with van der Waals surface area (Å²) in [4.78, 5) is 10.5. The molecular formula is C23H18N3O5PS. The van der Waals surface area contributed by atoms with Crippen LogP contribution in [-0.4, -0.2) is 11.1 Å². The molecule has 1 N–H and O–H groups in total. The summed E-state index contributed by atoms with van der Waals surface area (Å²) < 4.78 is 17.6. The number of nitro groups is 1. The Morgan fingerprint density at radius 1 is 0.909 bits per heavy atom. The van der Waals surface area contributed by atoms with Crippen LogP contribution in [0.2, 0.25) is 0 Å². The largest absolute Gasteiger partial charge is 0.455 e. The first kappa shape index (κ1) is 22.3. The van der Waals surface area contributed by atoms with Gasteiger partial charge in [0.15, 0.2) is 0 Å². The molecule has 0 amide bonds. The molecule has 0 aliphatic heterocycles. The number of nitrogens with one attached hydrogen (secondary N) is 1. The molecule has 0 atom stereocenters. The van der Waals surface area contributed by atoms with E-state index in [0.717, 1.165) is 0 Å². The van der Waals surface area contributed by atoms with Crippen molar-refractivity contribution in [1.29, 1.82) is 0 Å². The highest BCUT2D eigenvalue weighted by atomic mass is 32.5. The highest BCUT2D eigenvalue weighted by molar-refractivity contribution is 8.09. The molecule has 0 radical (unpaired) electrons. The Hall–Kier alpha value is -3.94. The van der Waals surface area contributed by atoms with Gasteiger partial charge in [-0.25, -0.2) is 5.20 Å². The molecule has 10 heteroatoms. The molecule has 4 rings (SSSR count). The number of hydrogen-bond donors (Lipinski definition) is 1. The van der Waals surface area contributed by atoms with Crippen molar-refractivity contribution in [2.75, 3.05) is 0 Å². The zero-order valence-electron chi connectivity index (χ0n) is 17.1. The normalized spacial score (nSPS) is 11.3. The molecule has 0 unspecified atom stereocenters. The van der Waals surface area contributed by atoms with E-state index in [4.69, 9.17) is 25.3 Å². The molecular weight excluding hydrogens is 461 g/mol. The van der Waals surface area contributed by atoms with Crippen molar-refractivity contribution in [1.82, 2.24) is 5.20 Å². The summed E-state index contributed by atoms with van der Waals surface area (Å²) in [6.07, 6.45) is 1.44. The Bertz CT molecular complexity index is 1270. The van der Waals surface area contributed by atoms with Gasteiger partial charge >= 0.3 is 6.64 Å². The predicted octanol–water partition coefficient (Wildman–Crippen LogP) is 6.16. The summed E-state index contributed by atoms with van der Waals surface area (Å²) in [5.74, 6) is 1.99. The second-order valence-electron chi connectivity index (χ2n) is 6.67. The number of non-ortho nitro benzene ring substituents is 1. The first-order chi connectivity index (χ1) is 16.0. The van der Waals surface area contributed by atoms with E-state index in [-0.39, 0.29) is 5.69 Å². The van der Waals surface area contributed by atoms with Crippen LogP contribution in [-0.2, 0) is 11.8 Å². The minimum Gasteiger partial charge on any atom is -0.455 e. The molecule has 8 nitrogen and oxygen atoms in total. The van der Waals surface area contributed by atoms with Gasteiger partial charge in [0.1, 0.15) is 23.0 Å². The molecule has 0 aliphatic rings. The average molecular weight is 479 g/mol. The Morgan fingerprint density at radius 2 is 1.55 bits per heavy atom. The number of nitrogens with zero attached hydrogens (tertiary/aromatic N) is 2. The molecule has 0 bridgehead atoms. The maximum Gasteiger partial charge on any atom is 0.408 e. The van der Waals surface area contributed by atoms with E-state index >= 15 is 0 Å². The van der Waals surface area contributed by atoms with Crippen molar-refractivity contribution in [2.45, 2.75) is 0 Å². The van der Waals surface area contributed by atoms with Gasteiger partial charge < -0.3 is 13.5 Å². The average Bonchev–Trinajstić information content (AvgIpc) is 3.29. The third-order valence-electron chi connectivity index (χ3n) is 4.28. The van der Waals surface area contributed by atoms with Gasteiger partial charge in [0, 0.05) is 29.5 Å². The van der Waals surface area contributed by atoms with Gasteiger partial charge in [-0.15, -0.1) is 0 Å². The van der Waals surface area contributed by atoms with Gasteiger partial charge in [-0.1, -0.05) is 48.5 Å². The monoisotopic (exact) mass is 479 g/mol. The molecule has 166 valence electrons. The fourth-order valence-corrected chi connectivity index (χ4v) is 4.59. The van der Waals surface area contributed by atoms with Crippen molar-refractivity contribution < 1.29 is 18.4 Å². The third kappa shape index (κ3) is 6.06. The first-order valence-electron chi connectivity index (χ1n) is 9.75. The Balaban J connectivity index is 1.50. The number of benzene rings is 3. The highest BCUT2D eigenvalue weighted by Crippen LogP contribution is 2.45. The lowest BCUT2D eigenvalue weighted by atomic mass is 10.1. The fourth-order valence-electron chi connectivity index (χ4n) is 2.81. The summed E-state index contributed by atoms with van der Waals surface area (Å²) in [6.45, 7) is -3.10. The number of hydrogen-bond acceptors (Lipinski definition) is 7. The van der Waals surface area contributed by atoms with Crippen LogP contribution in [0.25, 0.3) is 11.3 Å². The molecule has 4 aromatic rings. The van der Waals surface area contributed by atoms with Gasteiger partial charge in [0.2, 0.25) is 0 Å². The minimum atomic E-state index is -3.10. The second kappa shape index (κ2) is 10.1. The van der Waals surface area contributed by atoms with Crippen LogP contribution in [0.1, 0.15) is 5.76 Å². The van der Waals surface area contributed by atoms with Gasteiger partial charge in [-0.3, -0.25) is 10.1 Å². The van der Waals surface area contributed by atoms with E-state index in [1.54, 1.807) is 48.5 Å². The summed E-state index contributed by atoms with van der Waals surface area (Å²) in [5, 5.41) is 18.0. The Labute approximate surface area is 194 Å². The van der Waals surface area contributed by atoms with Gasteiger partial charge in [0.25, 0.3) is 5.69 Å². The molecule has 0 fully saturated rings. The maximum atomic E-state index is 11.0. The lowest BCUT2D eigenvalue weighted by molar-refractivity contribution is -0.384. The molecule has 0 spiro atoms. The van der Waals surface area contributed by atoms with Crippen LogP contribution >= 0.6 is 6.64 Å². The van der Waals surface area contributed by atoms with E-state index in [9.17, 15) is 10.1 Å². The zero-order valence-corrected chi connectivity index (χ0v) is 18.8. The smallest absolute Gasteiger partial charge is 0.408 e. The van der Waals surface area contributed by atoms with Crippen molar-refractivity contribution in [3.8, 4) is 22.8 Å². The second-order valence-corrected chi connectivity index (χ2v) is 9.68. The third-order valence-corrected chi connectivity index (χ3v) is 6.23. The molecule has 0 saturated carbocycles. The predicted molar refractivity (Wildman–Crippen MR) is 130 cm³/mol. The molecule has 0 saturated heterocycles. The number of furan rings is 1. The SMILES string of the molecule is O=[N+]([O-])c1cccc(-c2ccc(/C=N\NP(=S)(Oc3ccccc3)Oc3ccccc3)o2)c1. The summed E-state index contributed by atoms with van der Waals surface area (Å²) in [5.41, 5.74) is 0.569. The van der Waals surface area contributed by atoms with Crippen molar-refractivity contribution in [3.05, 3.63) is 113 Å². The molecule has 3 aromatic carbocycles. The van der Waals surface area contributed by atoms with E-state index in [2.05, 4.69) is 10.3 Å². The Morgan fingerprint density at radius 3 is 2.15 bits per heavy atom. The van der Waals surface area contributed by atoms with E-state index in [0.29, 0.717) is 28.6 Å². The van der Waals surface area contributed by atoms with E-state index < -0.39 is 11.6 Å².